The maximum atomic E-state index is 12.7. The van der Waals surface area contributed by atoms with Crippen LogP contribution in [0, 0.1) is 6.92 Å². The number of ether oxygens (including phenoxy) is 1. The molecule has 156 valence electrons. The Balaban J connectivity index is 2.09. The molecule has 7 nitrogen and oxygen atoms in total. The van der Waals surface area contributed by atoms with Crippen LogP contribution < -0.4 is 10.1 Å². The highest BCUT2D eigenvalue weighted by Crippen LogP contribution is 2.23. The number of ketones is 1. The Morgan fingerprint density at radius 3 is 2.21 bits per heavy atom. The summed E-state index contributed by atoms with van der Waals surface area (Å²) in [5.74, 6) is -0.00909. The van der Waals surface area contributed by atoms with Gasteiger partial charge in [-0.15, -0.1) is 0 Å². The highest BCUT2D eigenvalue weighted by molar-refractivity contribution is 7.89. The number of rotatable bonds is 9. The molecule has 0 bridgehead atoms. The van der Waals surface area contributed by atoms with Crippen molar-refractivity contribution >= 4 is 27.4 Å². The highest BCUT2D eigenvalue weighted by atomic mass is 32.2. The van der Waals surface area contributed by atoms with Crippen LogP contribution >= 0.6 is 0 Å². The van der Waals surface area contributed by atoms with E-state index in [0.29, 0.717) is 30.1 Å². The van der Waals surface area contributed by atoms with Crippen molar-refractivity contribution in [2.45, 2.75) is 32.6 Å². The fourth-order valence-electron chi connectivity index (χ4n) is 2.73. The molecular formula is C21H26N2O5S. The lowest BCUT2D eigenvalue weighted by molar-refractivity contribution is -0.118. The molecule has 0 saturated heterocycles. The van der Waals surface area contributed by atoms with Crippen molar-refractivity contribution in [2.24, 2.45) is 0 Å². The van der Waals surface area contributed by atoms with Crippen LogP contribution in [0.4, 0.5) is 5.69 Å². The number of amides is 1. The predicted octanol–water partition coefficient (Wildman–Crippen LogP) is 3.25. The van der Waals surface area contributed by atoms with Gasteiger partial charge in [-0.05, 0) is 55.8 Å². The summed E-state index contributed by atoms with van der Waals surface area (Å²) in [6.45, 7) is 7.29. The largest absolute Gasteiger partial charge is 0.484 e. The first-order chi connectivity index (χ1) is 13.7. The molecule has 0 heterocycles. The first kappa shape index (κ1) is 22.6. The van der Waals surface area contributed by atoms with Crippen molar-refractivity contribution in [3.05, 3.63) is 53.6 Å². The number of nitrogens with one attached hydrogen (secondary N) is 1. The number of nitrogens with zero attached hydrogens (tertiary/aromatic N) is 1. The topological polar surface area (TPSA) is 92.8 Å². The number of sulfonamides is 1. The number of Topliss-reactive ketones (excluding diaryl/α,β-unsaturated/α-hetero) is 1. The summed E-state index contributed by atoms with van der Waals surface area (Å²) in [6, 6.07) is 11.1. The fourth-order valence-corrected chi connectivity index (χ4v) is 4.21. The smallest absolute Gasteiger partial charge is 0.262 e. The summed E-state index contributed by atoms with van der Waals surface area (Å²) in [5.41, 5.74) is 1.71. The van der Waals surface area contributed by atoms with Crippen molar-refractivity contribution < 1.29 is 22.7 Å². The van der Waals surface area contributed by atoms with Crippen LogP contribution in [0.2, 0.25) is 0 Å². The molecule has 1 N–H and O–H groups in total. The summed E-state index contributed by atoms with van der Waals surface area (Å²) >= 11 is 0. The van der Waals surface area contributed by atoms with Gasteiger partial charge in [-0.25, -0.2) is 8.42 Å². The first-order valence-electron chi connectivity index (χ1n) is 9.33. The van der Waals surface area contributed by atoms with E-state index in [1.54, 1.807) is 51.1 Å². The molecular weight excluding hydrogens is 392 g/mol. The van der Waals surface area contributed by atoms with Gasteiger partial charge in [0, 0.05) is 24.3 Å². The molecule has 0 aliphatic rings. The maximum absolute atomic E-state index is 12.7. The van der Waals surface area contributed by atoms with Gasteiger partial charge in [-0.2, -0.15) is 4.31 Å². The fraction of sp³-hybridized carbons (Fsp3) is 0.333. The predicted molar refractivity (Wildman–Crippen MR) is 112 cm³/mol. The molecule has 0 aliphatic carbocycles. The molecule has 2 aromatic carbocycles. The quantitative estimate of drug-likeness (QED) is 0.631. The summed E-state index contributed by atoms with van der Waals surface area (Å²) < 4.78 is 32.2. The zero-order valence-corrected chi connectivity index (χ0v) is 17.9. The molecule has 2 aromatic rings. The van der Waals surface area contributed by atoms with Crippen LogP contribution in [-0.4, -0.2) is 44.1 Å². The van der Waals surface area contributed by atoms with E-state index < -0.39 is 15.9 Å². The normalized spacial score (nSPS) is 11.3. The standard InChI is InChI=1S/C21H26N2O5S/c1-5-23(6-2)29(26,27)19-12-7-15(3)20(13-19)22-21(25)14-28-18-10-8-17(9-11-18)16(4)24/h7-13H,5-6,14H2,1-4H3,(H,22,25). The minimum absolute atomic E-state index is 0.0516. The van der Waals surface area contributed by atoms with Gasteiger partial charge >= 0.3 is 0 Å². The number of aryl methyl sites for hydroxylation is 1. The molecule has 0 aromatic heterocycles. The maximum Gasteiger partial charge on any atom is 0.262 e. The molecule has 0 aliphatic heterocycles. The second kappa shape index (κ2) is 9.67. The van der Waals surface area contributed by atoms with Crippen LogP contribution in [0.15, 0.2) is 47.4 Å². The van der Waals surface area contributed by atoms with E-state index in [2.05, 4.69) is 5.32 Å². The van der Waals surface area contributed by atoms with Gasteiger partial charge in [0.15, 0.2) is 12.4 Å². The third-order valence-electron chi connectivity index (χ3n) is 4.46. The van der Waals surface area contributed by atoms with Crippen molar-refractivity contribution in [1.82, 2.24) is 4.31 Å². The third kappa shape index (κ3) is 5.65. The monoisotopic (exact) mass is 418 g/mol. The van der Waals surface area contributed by atoms with E-state index in [1.165, 1.54) is 23.4 Å². The third-order valence-corrected chi connectivity index (χ3v) is 6.50. The average molecular weight is 419 g/mol. The molecule has 0 atom stereocenters. The Kier molecular flexibility index (Phi) is 7.53. The molecule has 2 rings (SSSR count). The SMILES string of the molecule is CCN(CC)S(=O)(=O)c1ccc(C)c(NC(=O)COc2ccc(C(C)=O)cc2)c1. The first-order valence-corrected chi connectivity index (χ1v) is 10.8. The summed E-state index contributed by atoms with van der Waals surface area (Å²) in [7, 11) is -3.62. The van der Waals surface area contributed by atoms with Crippen LogP contribution in [0.3, 0.4) is 0 Å². The molecule has 0 radical (unpaired) electrons. The second-order valence-electron chi connectivity index (χ2n) is 6.48. The lowest BCUT2D eigenvalue weighted by Gasteiger charge is -2.19. The Morgan fingerprint density at radius 1 is 1.03 bits per heavy atom. The molecule has 29 heavy (non-hydrogen) atoms. The van der Waals surface area contributed by atoms with Crippen molar-refractivity contribution in [3.63, 3.8) is 0 Å². The van der Waals surface area contributed by atoms with E-state index in [0.717, 1.165) is 5.56 Å². The van der Waals surface area contributed by atoms with Crippen LogP contribution in [0.25, 0.3) is 0 Å². The van der Waals surface area contributed by atoms with Gasteiger partial charge in [0.2, 0.25) is 10.0 Å². The van der Waals surface area contributed by atoms with Crippen LogP contribution in [0.5, 0.6) is 5.75 Å². The zero-order chi connectivity index (χ0) is 21.6. The number of carbonyl (C=O) groups excluding carboxylic acids is 2. The second-order valence-corrected chi connectivity index (χ2v) is 8.42. The van der Waals surface area contributed by atoms with Gasteiger partial charge in [0.25, 0.3) is 5.91 Å². The number of hydrogen-bond acceptors (Lipinski definition) is 5. The van der Waals surface area contributed by atoms with E-state index in [1.807, 2.05) is 0 Å². The van der Waals surface area contributed by atoms with E-state index in [4.69, 9.17) is 4.74 Å². The number of anilines is 1. The van der Waals surface area contributed by atoms with Gasteiger partial charge < -0.3 is 10.1 Å². The molecule has 1 amide bonds. The van der Waals surface area contributed by atoms with Gasteiger partial charge in [0.05, 0.1) is 4.90 Å². The van der Waals surface area contributed by atoms with E-state index in [-0.39, 0.29) is 17.3 Å². The van der Waals surface area contributed by atoms with Crippen molar-refractivity contribution in [1.29, 1.82) is 0 Å². The molecule has 8 heteroatoms. The summed E-state index contributed by atoms with van der Waals surface area (Å²) in [6.07, 6.45) is 0. The van der Waals surface area contributed by atoms with Crippen LogP contribution in [-0.2, 0) is 14.8 Å². The Labute approximate surface area is 171 Å². The van der Waals surface area contributed by atoms with Crippen molar-refractivity contribution in [2.75, 3.05) is 25.0 Å². The zero-order valence-electron chi connectivity index (χ0n) is 17.1. The Morgan fingerprint density at radius 2 is 1.66 bits per heavy atom. The van der Waals surface area contributed by atoms with Gasteiger partial charge in [-0.3, -0.25) is 9.59 Å². The molecule has 0 unspecified atom stereocenters. The van der Waals surface area contributed by atoms with Gasteiger partial charge in [-0.1, -0.05) is 19.9 Å². The lowest BCUT2D eigenvalue weighted by Crippen LogP contribution is -2.30. The summed E-state index contributed by atoms with van der Waals surface area (Å²) in [4.78, 5) is 23.7. The number of hydrogen-bond donors (Lipinski definition) is 1. The highest BCUT2D eigenvalue weighted by Gasteiger charge is 2.22. The molecule has 0 spiro atoms. The number of benzene rings is 2. The minimum atomic E-state index is -3.62. The molecule has 0 fully saturated rings. The van der Waals surface area contributed by atoms with E-state index in [9.17, 15) is 18.0 Å². The average Bonchev–Trinajstić information content (AvgIpc) is 2.69. The lowest BCUT2D eigenvalue weighted by atomic mass is 10.1. The minimum Gasteiger partial charge on any atom is -0.484 e. The summed E-state index contributed by atoms with van der Waals surface area (Å²) in [5, 5.41) is 2.70. The van der Waals surface area contributed by atoms with Crippen molar-refractivity contribution in [3.8, 4) is 5.75 Å². The Hall–Kier alpha value is -2.71. The van der Waals surface area contributed by atoms with Gasteiger partial charge in [0.1, 0.15) is 5.75 Å². The van der Waals surface area contributed by atoms with Crippen LogP contribution in [0.1, 0.15) is 36.7 Å². The van der Waals surface area contributed by atoms with E-state index >= 15 is 0 Å². The number of carbonyl (C=O) groups is 2. The Bertz CT molecular complexity index is 981. The molecule has 0 saturated carbocycles.